The Balaban J connectivity index is 2.08. The fraction of sp³-hybridized carbons (Fsp3) is 0.758. The monoisotopic (exact) mass is 579 g/mol. The summed E-state index contributed by atoms with van der Waals surface area (Å²) >= 11 is 6.15. The molecule has 1 aromatic carbocycles. The van der Waals surface area contributed by atoms with Crippen LogP contribution >= 0.6 is 11.6 Å². The smallest absolute Gasteiger partial charge is 0.410 e. The molecule has 0 aliphatic heterocycles. The molecule has 0 unspecified atom stereocenters. The summed E-state index contributed by atoms with van der Waals surface area (Å²) < 4.78 is 5.54. The minimum absolute atomic E-state index is 0.0161. The first-order valence-electron chi connectivity index (χ1n) is 16.1. The Hall–Kier alpha value is -1.79. The highest BCUT2D eigenvalue weighted by Crippen LogP contribution is 2.24. The van der Waals surface area contributed by atoms with Crippen molar-refractivity contribution in [3.05, 3.63) is 28.8 Å². The Morgan fingerprint density at radius 1 is 0.750 bits per heavy atom. The van der Waals surface area contributed by atoms with Gasteiger partial charge in [0, 0.05) is 24.5 Å². The van der Waals surface area contributed by atoms with E-state index in [0.29, 0.717) is 36.7 Å². The van der Waals surface area contributed by atoms with Crippen LogP contribution in [-0.2, 0) is 11.2 Å². The second-order valence-corrected chi connectivity index (χ2v) is 11.8. The Kier molecular flexibility index (Phi) is 22.6. The predicted octanol–water partition coefficient (Wildman–Crippen LogP) is 8.69. The maximum atomic E-state index is 12.3. The Labute approximate surface area is 250 Å². The van der Waals surface area contributed by atoms with Crippen LogP contribution in [0.1, 0.15) is 128 Å². The van der Waals surface area contributed by atoms with E-state index in [1.54, 1.807) is 18.2 Å². The number of unbranched alkanes of at least 4 members (excludes halogenated alkanes) is 15. The summed E-state index contributed by atoms with van der Waals surface area (Å²) in [6.07, 6.45) is 22.5. The number of benzene rings is 1. The Bertz CT molecular complexity index is 788. The molecule has 1 aromatic rings. The third-order valence-corrected chi connectivity index (χ3v) is 7.49. The van der Waals surface area contributed by atoms with Crippen LogP contribution in [0.15, 0.2) is 18.2 Å². The number of ether oxygens (including phenoxy) is 1. The van der Waals surface area contributed by atoms with Crippen molar-refractivity contribution in [3.8, 4) is 5.75 Å². The molecule has 0 radical (unpaired) electrons. The van der Waals surface area contributed by atoms with Crippen LogP contribution in [0, 0.1) is 0 Å². The SMILES string of the molecule is CCCCCCCCCCCCCCCCCCNC(=O)Oc1ccc(Cl)cc1CCC(=O)NCCCN(C)C. The minimum atomic E-state index is -0.460. The van der Waals surface area contributed by atoms with Gasteiger partial charge >= 0.3 is 6.09 Å². The van der Waals surface area contributed by atoms with E-state index < -0.39 is 6.09 Å². The predicted molar refractivity (Wildman–Crippen MR) is 170 cm³/mol. The topological polar surface area (TPSA) is 70.7 Å². The second-order valence-electron chi connectivity index (χ2n) is 11.4. The van der Waals surface area contributed by atoms with Gasteiger partial charge in [0.15, 0.2) is 0 Å². The van der Waals surface area contributed by atoms with Crippen molar-refractivity contribution in [1.82, 2.24) is 15.5 Å². The average Bonchev–Trinajstić information content (AvgIpc) is 2.92. The number of nitrogens with one attached hydrogen (secondary N) is 2. The lowest BCUT2D eigenvalue weighted by atomic mass is 10.0. The van der Waals surface area contributed by atoms with Crippen molar-refractivity contribution < 1.29 is 14.3 Å². The van der Waals surface area contributed by atoms with Gasteiger partial charge in [0.2, 0.25) is 5.91 Å². The van der Waals surface area contributed by atoms with Gasteiger partial charge in [-0.25, -0.2) is 4.79 Å². The fourth-order valence-corrected chi connectivity index (χ4v) is 5.00. The van der Waals surface area contributed by atoms with Crippen LogP contribution in [0.2, 0.25) is 5.02 Å². The van der Waals surface area contributed by atoms with Crippen LogP contribution < -0.4 is 15.4 Å². The number of hydrogen-bond acceptors (Lipinski definition) is 4. The van der Waals surface area contributed by atoms with E-state index >= 15 is 0 Å². The molecule has 0 aliphatic rings. The molecule has 1 rings (SSSR count). The van der Waals surface area contributed by atoms with E-state index in [4.69, 9.17) is 16.3 Å². The highest BCUT2D eigenvalue weighted by Gasteiger charge is 2.12. The Morgan fingerprint density at radius 3 is 1.82 bits per heavy atom. The summed E-state index contributed by atoms with van der Waals surface area (Å²) in [5, 5.41) is 6.35. The fourth-order valence-electron chi connectivity index (χ4n) is 4.80. The molecule has 0 bridgehead atoms. The van der Waals surface area contributed by atoms with Crippen molar-refractivity contribution >= 4 is 23.6 Å². The molecule has 230 valence electrons. The first kappa shape index (κ1) is 36.2. The third kappa shape index (κ3) is 21.0. The first-order chi connectivity index (χ1) is 19.4. The maximum Gasteiger partial charge on any atom is 0.412 e. The van der Waals surface area contributed by atoms with Crippen molar-refractivity contribution in [2.75, 3.05) is 33.7 Å². The first-order valence-corrected chi connectivity index (χ1v) is 16.5. The number of carbonyl (C=O) groups is 2. The van der Waals surface area contributed by atoms with E-state index in [9.17, 15) is 9.59 Å². The lowest BCUT2D eigenvalue weighted by Gasteiger charge is -2.12. The summed E-state index contributed by atoms with van der Waals surface area (Å²) in [6.45, 7) is 4.46. The molecule has 40 heavy (non-hydrogen) atoms. The van der Waals surface area contributed by atoms with Gasteiger partial charge in [-0.2, -0.15) is 0 Å². The zero-order chi connectivity index (χ0) is 29.3. The summed E-state index contributed by atoms with van der Waals surface area (Å²) in [7, 11) is 4.03. The molecule has 0 aliphatic carbocycles. The number of carbonyl (C=O) groups excluding carboxylic acids is 2. The van der Waals surface area contributed by atoms with Crippen LogP contribution in [0.4, 0.5) is 4.79 Å². The molecule has 0 fully saturated rings. The van der Waals surface area contributed by atoms with Crippen LogP contribution in [0.5, 0.6) is 5.75 Å². The van der Waals surface area contributed by atoms with Crippen LogP contribution in [0.25, 0.3) is 0 Å². The molecule has 7 heteroatoms. The molecular weight excluding hydrogens is 522 g/mol. The molecule has 2 amide bonds. The summed E-state index contributed by atoms with van der Waals surface area (Å²) in [4.78, 5) is 26.6. The van der Waals surface area contributed by atoms with E-state index in [1.165, 1.54) is 89.9 Å². The van der Waals surface area contributed by atoms with Gasteiger partial charge in [-0.05, 0) is 63.7 Å². The molecule has 0 aromatic heterocycles. The van der Waals surface area contributed by atoms with Gasteiger partial charge in [-0.15, -0.1) is 0 Å². The van der Waals surface area contributed by atoms with Crippen LogP contribution in [0.3, 0.4) is 0 Å². The average molecular weight is 580 g/mol. The van der Waals surface area contributed by atoms with Gasteiger partial charge < -0.3 is 20.3 Å². The highest BCUT2D eigenvalue weighted by atomic mass is 35.5. The van der Waals surface area contributed by atoms with Crippen molar-refractivity contribution in [3.63, 3.8) is 0 Å². The molecule has 0 spiro atoms. The van der Waals surface area contributed by atoms with E-state index in [-0.39, 0.29) is 5.91 Å². The second kappa shape index (κ2) is 25.0. The summed E-state index contributed by atoms with van der Waals surface area (Å²) in [6, 6.07) is 5.16. The number of nitrogens with zero attached hydrogens (tertiary/aromatic N) is 1. The van der Waals surface area contributed by atoms with Gasteiger partial charge in [0.05, 0.1) is 0 Å². The number of rotatable bonds is 25. The van der Waals surface area contributed by atoms with Crippen molar-refractivity contribution in [1.29, 1.82) is 0 Å². The normalized spacial score (nSPS) is 11.1. The summed E-state index contributed by atoms with van der Waals surface area (Å²) in [5.74, 6) is 0.437. The van der Waals surface area contributed by atoms with Gasteiger partial charge in [-0.1, -0.05) is 115 Å². The van der Waals surface area contributed by atoms with Crippen LogP contribution in [-0.4, -0.2) is 50.6 Å². The molecule has 2 N–H and O–H groups in total. The largest absolute Gasteiger partial charge is 0.412 e. The molecule has 0 atom stereocenters. The van der Waals surface area contributed by atoms with Gasteiger partial charge in [0.1, 0.15) is 5.75 Å². The molecular formula is C33H58ClN3O3. The van der Waals surface area contributed by atoms with Gasteiger partial charge in [-0.3, -0.25) is 4.79 Å². The minimum Gasteiger partial charge on any atom is -0.410 e. The number of amides is 2. The lowest BCUT2D eigenvalue weighted by Crippen LogP contribution is -2.28. The Morgan fingerprint density at radius 2 is 1.27 bits per heavy atom. The molecule has 0 saturated carbocycles. The standard InChI is InChI=1S/C33H58ClN3O3/c1-4-5-6-7-8-9-10-11-12-13-14-15-16-17-18-19-25-36-33(39)40-31-23-22-30(34)28-29(31)21-24-32(38)35-26-20-27-37(2)3/h22-23,28H,4-21,24-27H2,1-3H3,(H,35,38)(H,36,39). The maximum absolute atomic E-state index is 12.3. The number of halogens is 1. The zero-order valence-electron chi connectivity index (χ0n) is 25.8. The molecule has 0 saturated heterocycles. The highest BCUT2D eigenvalue weighted by molar-refractivity contribution is 6.30. The van der Waals surface area contributed by atoms with Crippen molar-refractivity contribution in [2.45, 2.75) is 129 Å². The molecule has 6 nitrogen and oxygen atoms in total. The zero-order valence-corrected chi connectivity index (χ0v) is 26.6. The summed E-state index contributed by atoms with van der Waals surface area (Å²) in [5.41, 5.74) is 0.758. The lowest BCUT2D eigenvalue weighted by molar-refractivity contribution is -0.121. The molecule has 0 heterocycles. The van der Waals surface area contributed by atoms with Gasteiger partial charge in [0.25, 0.3) is 0 Å². The van der Waals surface area contributed by atoms with E-state index in [0.717, 1.165) is 31.4 Å². The van der Waals surface area contributed by atoms with Crippen molar-refractivity contribution in [2.24, 2.45) is 0 Å². The third-order valence-electron chi connectivity index (χ3n) is 7.25. The quantitative estimate of drug-likeness (QED) is 0.114. The number of hydrogen-bond donors (Lipinski definition) is 2. The number of aryl methyl sites for hydroxylation is 1. The van der Waals surface area contributed by atoms with E-state index in [2.05, 4.69) is 22.5 Å². The van der Waals surface area contributed by atoms with E-state index in [1.807, 2.05) is 14.1 Å².